The average Bonchev–Trinajstić information content (AvgIpc) is 3.45. The van der Waals surface area contributed by atoms with Crippen molar-refractivity contribution in [1.29, 1.82) is 0 Å². The number of anilines is 2. The molecule has 3 heterocycles. The van der Waals surface area contributed by atoms with Gasteiger partial charge in [-0.25, -0.2) is 4.39 Å². The number of aryl methyl sites for hydroxylation is 2. The number of hydrogen-bond donors (Lipinski definition) is 1. The molecule has 0 aromatic heterocycles. The Hall–Kier alpha value is -4.84. The van der Waals surface area contributed by atoms with E-state index in [0.29, 0.717) is 16.8 Å². The minimum absolute atomic E-state index is 0.242. The highest BCUT2D eigenvalue weighted by molar-refractivity contribution is 6.18. The molecule has 1 fully saturated rings. The van der Waals surface area contributed by atoms with Crippen molar-refractivity contribution in [2.45, 2.75) is 38.3 Å². The van der Waals surface area contributed by atoms with Crippen molar-refractivity contribution in [2.75, 3.05) is 10.2 Å². The summed E-state index contributed by atoms with van der Waals surface area (Å²) in [4.78, 5) is 45.9. The highest BCUT2D eigenvalue weighted by Crippen LogP contribution is 2.58. The third-order valence-corrected chi connectivity index (χ3v) is 9.15. The average molecular weight is 557 g/mol. The smallest absolute Gasteiger partial charge is 0.238 e. The number of benzene rings is 4. The predicted molar refractivity (Wildman–Crippen MR) is 161 cm³/mol. The Kier molecular flexibility index (Phi) is 5.80. The van der Waals surface area contributed by atoms with Crippen LogP contribution in [-0.2, 0) is 10.2 Å². The Morgan fingerprint density at radius 1 is 0.810 bits per heavy atom. The summed E-state index contributed by atoms with van der Waals surface area (Å²) in [5.74, 6) is -2.50. The fourth-order valence-corrected chi connectivity index (χ4v) is 7.23. The van der Waals surface area contributed by atoms with Crippen molar-refractivity contribution >= 4 is 34.4 Å². The lowest BCUT2D eigenvalue weighted by molar-refractivity contribution is -0.121. The summed E-state index contributed by atoms with van der Waals surface area (Å²) in [6.07, 6.45) is 2.04. The first-order valence-electron chi connectivity index (χ1n) is 14.1. The van der Waals surface area contributed by atoms with Crippen LogP contribution in [0.1, 0.15) is 49.9 Å². The number of fused-ring (bicyclic) bond motifs is 6. The van der Waals surface area contributed by atoms with Crippen LogP contribution in [0, 0.1) is 25.6 Å². The minimum Gasteiger partial charge on any atom is -0.352 e. The van der Waals surface area contributed by atoms with E-state index in [4.69, 9.17) is 0 Å². The van der Waals surface area contributed by atoms with Crippen LogP contribution in [0.5, 0.6) is 0 Å². The second-order valence-corrected chi connectivity index (χ2v) is 11.6. The number of nitrogens with zero attached hydrogens (tertiary/aromatic N) is 1. The van der Waals surface area contributed by atoms with Crippen molar-refractivity contribution in [2.24, 2.45) is 5.92 Å². The number of allylic oxidation sites excluding steroid dienone is 1. The van der Waals surface area contributed by atoms with E-state index in [1.165, 1.54) is 24.3 Å². The number of amides is 1. The zero-order chi connectivity index (χ0) is 29.3. The lowest BCUT2D eigenvalue weighted by Gasteiger charge is -2.39. The second kappa shape index (κ2) is 9.35. The lowest BCUT2D eigenvalue weighted by Crippen LogP contribution is -2.51. The summed E-state index contributed by atoms with van der Waals surface area (Å²) in [5, 5.41) is 3.04. The van der Waals surface area contributed by atoms with Crippen molar-refractivity contribution in [1.82, 2.24) is 0 Å². The molecule has 1 N–H and O–H groups in total. The van der Waals surface area contributed by atoms with Crippen LogP contribution < -0.4 is 10.2 Å². The molecule has 208 valence electrons. The quantitative estimate of drug-likeness (QED) is 0.285. The largest absolute Gasteiger partial charge is 0.352 e. The first-order valence-corrected chi connectivity index (χ1v) is 14.1. The fraction of sp³-hybridized carbons (Fsp3) is 0.194. The fourth-order valence-electron chi connectivity index (χ4n) is 7.23. The summed E-state index contributed by atoms with van der Waals surface area (Å²) in [6, 6.07) is 24.5. The molecule has 0 radical (unpaired) electrons. The summed E-state index contributed by atoms with van der Waals surface area (Å²) in [7, 11) is 0. The van der Waals surface area contributed by atoms with Crippen LogP contribution in [0.15, 0.2) is 97.1 Å². The molecule has 6 heteroatoms. The molecule has 0 aliphatic carbocycles. The molecular formula is C36H29FN2O3. The zero-order valence-electron chi connectivity index (χ0n) is 23.5. The summed E-state index contributed by atoms with van der Waals surface area (Å²) < 4.78 is 14.0. The van der Waals surface area contributed by atoms with Gasteiger partial charge in [-0.05, 0) is 74.4 Å². The van der Waals surface area contributed by atoms with Crippen molar-refractivity contribution in [3.8, 4) is 0 Å². The van der Waals surface area contributed by atoms with Gasteiger partial charge in [0.2, 0.25) is 5.91 Å². The summed E-state index contributed by atoms with van der Waals surface area (Å²) in [6.45, 7) is 5.97. The Morgan fingerprint density at radius 3 is 2.19 bits per heavy atom. The third-order valence-electron chi connectivity index (χ3n) is 9.15. The van der Waals surface area contributed by atoms with Crippen molar-refractivity contribution < 1.29 is 18.8 Å². The number of carbonyl (C=O) groups is 3. The molecule has 1 saturated heterocycles. The number of rotatable bonds is 4. The Balaban J connectivity index is 1.55. The number of nitrogens with one attached hydrogen (secondary N) is 1. The first-order chi connectivity index (χ1) is 20.2. The predicted octanol–water partition coefficient (Wildman–Crippen LogP) is 6.69. The van der Waals surface area contributed by atoms with E-state index in [1.807, 2.05) is 80.3 Å². The Morgan fingerprint density at radius 2 is 1.45 bits per heavy atom. The number of hydrogen-bond acceptors (Lipinski definition) is 4. The maximum absolute atomic E-state index is 14.8. The standard InChI is InChI=1S/C36H29FN2O3/c1-20-8-11-24(12-9-20)34(41)32-31(33(40)23-13-15-25(37)16-14-23)36(27-6-4-5-7-28(27)38-35(36)42)30-19-22(3)26-18-21(2)10-17-29(26)39(30)32/h4-19,30-32H,1-3H3,(H,38,42)/t30-,31+,32-,36+/m0/s1. The van der Waals surface area contributed by atoms with Gasteiger partial charge in [0.25, 0.3) is 0 Å². The van der Waals surface area contributed by atoms with Gasteiger partial charge >= 0.3 is 0 Å². The number of ketones is 2. The van der Waals surface area contributed by atoms with Crippen molar-refractivity contribution in [3.05, 3.63) is 136 Å². The van der Waals surface area contributed by atoms with Crippen LogP contribution in [0.4, 0.5) is 15.8 Å². The van der Waals surface area contributed by atoms with Crippen LogP contribution in [0.3, 0.4) is 0 Å². The van der Waals surface area contributed by atoms with Gasteiger partial charge in [0.05, 0.1) is 12.0 Å². The molecule has 1 amide bonds. The molecule has 3 aliphatic rings. The van der Waals surface area contributed by atoms with Crippen LogP contribution in [-0.4, -0.2) is 29.6 Å². The van der Waals surface area contributed by atoms with E-state index in [-0.39, 0.29) is 23.0 Å². The lowest BCUT2D eigenvalue weighted by atomic mass is 9.64. The topological polar surface area (TPSA) is 66.5 Å². The molecule has 0 saturated carbocycles. The highest BCUT2D eigenvalue weighted by atomic mass is 19.1. The van der Waals surface area contributed by atoms with Gasteiger partial charge in [-0.15, -0.1) is 0 Å². The van der Waals surface area contributed by atoms with Gasteiger partial charge in [-0.2, -0.15) is 0 Å². The van der Waals surface area contributed by atoms with Crippen molar-refractivity contribution in [3.63, 3.8) is 0 Å². The van der Waals surface area contributed by atoms with E-state index in [1.54, 1.807) is 12.1 Å². The molecule has 0 unspecified atom stereocenters. The second-order valence-electron chi connectivity index (χ2n) is 11.6. The van der Waals surface area contributed by atoms with Crippen LogP contribution >= 0.6 is 0 Å². The van der Waals surface area contributed by atoms with Gasteiger partial charge in [0.15, 0.2) is 11.6 Å². The van der Waals surface area contributed by atoms with E-state index in [9.17, 15) is 18.8 Å². The van der Waals surface area contributed by atoms with Gasteiger partial charge in [0, 0.05) is 28.1 Å². The van der Waals surface area contributed by atoms with Gasteiger partial charge in [-0.3, -0.25) is 14.4 Å². The molecular weight excluding hydrogens is 527 g/mol. The number of halogens is 1. The molecule has 4 atom stereocenters. The Bertz CT molecular complexity index is 1830. The summed E-state index contributed by atoms with van der Waals surface area (Å²) in [5.41, 5.74) is 5.44. The summed E-state index contributed by atoms with van der Waals surface area (Å²) >= 11 is 0. The molecule has 3 aliphatic heterocycles. The van der Waals surface area contributed by atoms with Gasteiger partial charge in [0.1, 0.15) is 17.3 Å². The van der Waals surface area contributed by atoms with Crippen LogP contribution in [0.2, 0.25) is 0 Å². The maximum Gasteiger partial charge on any atom is 0.238 e. The first kappa shape index (κ1) is 26.1. The molecule has 0 bridgehead atoms. The minimum atomic E-state index is -1.41. The number of carbonyl (C=O) groups excluding carboxylic acids is 3. The van der Waals surface area contributed by atoms with E-state index in [0.717, 1.165) is 28.0 Å². The SMILES string of the molecule is CC1=C[C@@H]2N(c3ccc(C)cc31)[C@H](C(=O)c1ccc(C)cc1)[C@H](C(=O)c1ccc(F)cc1)[C@]21C(=O)Nc2ccccc21. The Labute approximate surface area is 243 Å². The normalized spacial score (nSPS) is 23.6. The monoisotopic (exact) mass is 556 g/mol. The van der Waals surface area contributed by atoms with E-state index < -0.39 is 29.2 Å². The number of Topliss-reactive ketones (excluding diaryl/α,β-unsaturated/α-hetero) is 2. The number of para-hydroxylation sites is 1. The third kappa shape index (κ3) is 3.57. The van der Waals surface area contributed by atoms with E-state index in [2.05, 4.69) is 11.4 Å². The van der Waals surface area contributed by atoms with Gasteiger partial charge in [-0.1, -0.05) is 65.7 Å². The zero-order valence-corrected chi connectivity index (χ0v) is 23.5. The molecule has 7 rings (SSSR count). The molecule has 4 aromatic carbocycles. The molecule has 1 spiro atoms. The van der Waals surface area contributed by atoms with E-state index >= 15 is 0 Å². The van der Waals surface area contributed by atoms with Crippen LogP contribution in [0.25, 0.3) is 5.57 Å². The maximum atomic E-state index is 14.8. The van der Waals surface area contributed by atoms with Gasteiger partial charge < -0.3 is 10.2 Å². The molecule has 42 heavy (non-hydrogen) atoms. The molecule has 4 aromatic rings. The highest BCUT2D eigenvalue weighted by Gasteiger charge is 2.70. The molecule has 5 nitrogen and oxygen atoms in total.